The van der Waals surface area contributed by atoms with E-state index in [0.29, 0.717) is 24.4 Å². The van der Waals surface area contributed by atoms with E-state index in [1.807, 2.05) is 6.07 Å². The zero-order chi connectivity index (χ0) is 15.9. The van der Waals surface area contributed by atoms with Crippen LogP contribution in [0.4, 0.5) is 0 Å². The number of benzene rings is 1. The molecule has 1 aliphatic heterocycles. The van der Waals surface area contributed by atoms with Gasteiger partial charge >= 0.3 is 5.97 Å². The molecule has 0 unspecified atom stereocenters. The molecule has 0 radical (unpaired) electrons. The number of hydrogen-bond acceptors (Lipinski definition) is 4. The number of carbonyl (C=O) groups is 2. The maximum atomic E-state index is 12.2. The first-order chi connectivity index (χ1) is 10.6. The number of amides is 1. The van der Waals surface area contributed by atoms with Crippen LogP contribution in [0.5, 0.6) is 5.75 Å². The Morgan fingerprint density at radius 3 is 2.45 bits per heavy atom. The summed E-state index contributed by atoms with van der Waals surface area (Å²) in [6, 6.07) is 8.49. The highest BCUT2D eigenvalue weighted by Crippen LogP contribution is 2.17. The molecule has 22 heavy (non-hydrogen) atoms. The molecule has 1 amide bonds. The lowest BCUT2D eigenvalue weighted by Crippen LogP contribution is -2.28. The number of nitriles is 1. The minimum Gasteiger partial charge on any atom is -0.482 e. The van der Waals surface area contributed by atoms with Gasteiger partial charge in [-0.15, -0.1) is 0 Å². The van der Waals surface area contributed by atoms with E-state index in [4.69, 9.17) is 15.1 Å². The van der Waals surface area contributed by atoms with Crippen LogP contribution in [0.2, 0.25) is 0 Å². The molecular formula is C16H16N2O4. The molecule has 1 fully saturated rings. The van der Waals surface area contributed by atoms with E-state index < -0.39 is 12.6 Å². The van der Waals surface area contributed by atoms with Crippen LogP contribution in [-0.4, -0.2) is 41.6 Å². The second-order valence-corrected chi connectivity index (χ2v) is 4.92. The normalized spacial score (nSPS) is 14.5. The third-order valence-electron chi connectivity index (χ3n) is 3.30. The van der Waals surface area contributed by atoms with Crippen molar-refractivity contribution in [3.63, 3.8) is 0 Å². The van der Waals surface area contributed by atoms with E-state index in [-0.39, 0.29) is 11.5 Å². The molecule has 1 aromatic rings. The van der Waals surface area contributed by atoms with Crippen molar-refractivity contribution in [1.29, 1.82) is 5.26 Å². The molecule has 1 saturated heterocycles. The standard InChI is InChI=1S/C16H16N2O4/c17-10-13(16(21)18-7-1-2-8-18)9-12-3-5-14(6-4-12)22-11-15(19)20/h3-6,9H,1-2,7-8,11H2,(H,19,20)/b13-9+. The number of carbonyl (C=O) groups excluding carboxylic acids is 1. The Hall–Kier alpha value is -2.81. The van der Waals surface area contributed by atoms with Gasteiger partial charge in [-0.25, -0.2) is 4.79 Å². The number of carboxylic acid groups (broad SMARTS) is 1. The van der Waals surface area contributed by atoms with Gasteiger partial charge in [0.05, 0.1) is 0 Å². The maximum absolute atomic E-state index is 12.2. The summed E-state index contributed by atoms with van der Waals surface area (Å²) in [6.45, 7) is 0.978. The van der Waals surface area contributed by atoms with Crippen molar-refractivity contribution >= 4 is 18.0 Å². The van der Waals surface area contributed by atoms with E-state index in [0.717, 1.165) is 12.8 Å². The molecular weight excluding hydrogens is 284 g/mol. The third-order valence-corrected chi connectivity index (χ3v) is 3.30. The number of nitrogens with zero attached hydrogens (tertiary/aromatic N) is 2. The molecule has 0 saturated carbocycles. The minimum absolute atomic E-state index is 0.0982. The van der Waals surface area contributed by atoms with Gasteiger partial charge in [0.2, 0.25) is 0 Å². The second kappa shape index (κ2) is 7.27. The van der Waals surface area contributed by atoms with Crippen LogP contribution in [0.25, 0.3) is 6.08 Å². The summed E-state index contributed by atoms with van der Waals surface area (Å²) >= 11 is 0. The monoisotopic (exact) mass is 300 g/mol. The molecule has 1 aliphatic rings. The van der Waals surface area contributed by atoms with Gasteiger partial charge in [-0.1, -0.05) is 12.1 Å². The summed E-state index contributed by atoms with van der Waals surface area (Å²) in [5, 5.41) is 17.7. The first-order valence-corrected chi connectivity index (χ1v) is 6.96. The number of aliphatic carboxylic acids is 1. The van der Waals surface area contributed by atoms with Crippen molar-refractivity contribution in [3.8, 4) is 11.8 Å². The average Bonchev–Trinajstić information content (AvgIpc) is 3.05. The Morgan fingerprint density at radius 2 is 1.91 bits per heavy atom. The summed E-state index contributed by atoms with van der Waals surface area (Å²) in [5.74, 6) is -0.873. The number of likely N-dealkylation sites (tertiary alicyclic amines) is 1. The van der Waals surface area contributed by atoms with Gasteiger partial charge in [0.1, 0.15) is 17.4 Å². The minimum atomic E-state index is -1.05. The van der Waals surface area contributed by atoms with Crippen LogP contribution < -0.4 is 4.74 Å². The van der Waals surface area contributed by atoms with Gasteiger partial charge < -0.3 is 14.7 Å². The Morgan fingerprint density at radius 1 is 1.27 bits per heavy atom. The molecule has 114 valence electrons. The number of carboxylic acids is 1. The molecule has 0 aromatic heterocycles. The third kappa shape index (κ3) is 4.09. The summed E-state index contributed by atoms with van der Waals surface area (Å²) in [4.78, 5) is 24.3. The van der Waals surface area contributed by atoms with Crippen LogP contribution in [-0.2, 0) is 9.59 Å². The van der Waals surface area contributed by atoms with Crippen LogP contribution in [0.1, 0.15) is 18.4 Å². The van der Waals surface area contributed by atoms with E-state index in [9.17, 15) is 9.59 Å². The fourth-order valence-electron chi connectivity index (χ4n) is 2.20. The summed E-state index contributed by atoms with van der Waals surface area (Å²) in [7, 11) is 0. The fourth-order valence-corrected chi connectivity index (χ4v) is 2.20. The van der Waals surface area contributed by atoms with Crippen molar-refractivity contribution < 1.29 is 19.4 Å². The lowest BCUT2D eigenvalue weighted by Gasteiger charge is -2.14. The molecule has 0 atom stereocenters. The zero-order valence-electron chi connectivity index (χ0n) is 12.0. The van der Waals surface area contributed by atoms with Gasteiger partial charge in [0.15, 0.2) is 6.61 Å². The first-order valence-electron chi connectivity index (χ1n) is 6.96. The highest BCUT2D eigenvalue weighted by atomic mass is 16.5. The molecule has 6 nitrogen and oxygen atoms in total. The largest absolute Gasteiger partial charge is 0.482 e. The number of hydrogen-bond donors (Lipinski definition) is 1. The van der Waals surface area contributed by atoms with E-state index in [2.05, 4.69) is 0 Å². The molecule has 0 aliphatic carbocycles. The van der Waals surface area contributed by atoms with Crippen LogP contribution >= 0.6 is 0 Å². The molecule has 0 bridgehead atoms. The van der Waals surface area contributed by atoms with Gasteiger partial charge in [0, 0.05) is 13.1 Å². The van der Waals surface area contributed by atoms with Gasteiger partial charge in [-0.3, -0.25) is 4.79 Å². The van der Waals surface area contributed by atoms with Crippen molar-refractivity contribution in [2.75, 3.05) is 19.7 Å². The predicted molar refractivity (Wildman–Crippen MR) is 79.0 cm³/mol. The zero-order valence-corrected chi connectivity index (χ0v) is 12.0. The molecule has 2 rings (SSSR count). The SMILES string of the molecule is N#C/C(=C\c1ccc(OCC(=O)O)cc1)C(=O)N1CCCC1. The first kappa shape index (κ1) is 15.6. The maximum Gasteiger partial charge on any atom is 0.341 e. The number of rotatable bonds is 5. The average molecular weight is 300 g/mol. The Balaban J connectivity index is 2.07. The summed E-state index contributed by atoms with van der Waals surface area (Å²) in [6.07, 6.45) is 3.47. The van der Waals surface area contributed by atoms with Crippen molar-refractivity contribution in [2.24, 2.45) is 0 Å². The van der Waals surface area contributed by atoms with Crippen LogP contribution in [0, 0.1) is 11.3 Å². The Kier molecular flexibility index (Phi) is 5.15. The highest BCUT2D eigenvalue weighted by Gasteiger charge is 2.21. The quantitative estimate of drug-likeness (QED) is 0.660. The topological polar surface area (TPSA) is 90.6 Å². The van der Waals surface area contributed by atoms with Crippen molar-refractivity contribution in [3.05, 3.63) is 35.4 Å². The van der Waals surface area contributed by atoms with Gasteiger partial charge in [0.25, 0.3) is 5.91 Å². The molecule has 1 aromatic carbocycles. The van der Waals surface area contributed by atoms with E-state index in [1.165, 1.54) is 6.08 Å². The van der Waals surface area contributed by atoms with Crippen LogP contribution in [0.15, 0.2) is 29.8 Å². The Bertz CT molecular complexity index is 623. The molecule has 1 heterocycles. The van der Waals surface area contributed by atoms with Crippen molar-refractivity contribution in [2.45, 2.75) is 12.8 Å². The lowest BCUT2D eigenvalue weighted by molar-refractivity contribution is -0.139. The lowest BCUT2D eigenvalue weighted by atomic mass is 10.1. The smallest absolute Gasteiger partial charge is 0.341 e. The molecule has 6 heteroatoms. The van der Waals surface area contributed by atoms with Crippen molar-refractivity contribution in [1.82, 2.24) is 4.90 Å². The summed E-state index contributed by atoms with van der Waals surface area (Å²) in [5.41, 5.74) is 0.785. The highest BCUT2D eigenvalue weighted by molar-refractivity contribution is 6.01. The molecule has 0 spiro atoms. The second-order valence-electron chi connectivity index (χ2n) is 4.92. The van der Waals surface area contributed by atoms with Gasteiger partial charge in [-0.05, 0) is 36.6 Å². The molecule has 1 N–H and O–H groups in total. The van der Waals surface area contributed by atoms with Crippen LogP contribution in [0.3, 0.4) is 0 Å². The summed E-state index contributed by atoms with van der Waals surface area (Å²) < 4.78 is 5.02. The van der Waals surface area contributed by atoms with E-state index in [1.54, 1.807) is 29.2 Å². The van der Waals surface area contributed by atoms with E-state index >= 15 is 0 Å². The van der Waals surface area contributed by atoms with Gasteiger partial charge in [-0.2, -0.15) is 5.26 Å². The fraction of sp³-hybridized carbons (Fsp3) is 0.312. The Labute approximate surface area is 128 Å². The number of ether oxygens (including phenoxy) is 1. The predicted octanol–water partition coefficient (Wildman–Crippen LogP) is 1.68.